The molecule has 0 aliphatic rings. The monoisotopic (exact) mass is 486 g/mol. The topological polar surface area (TPSA) is 51.2 Å². The van der Waals surface area contributed by atoms with Crippen LogP contribution in [0.15, 0.2) is 76.1 Å². The van der Waals surface area contributed by atoms with E-state index in [-0.39, 0.29) is 10.5 Å². The summed E-state index contributed by atoms with van der Waals surface area (Å²) in [5, 5.41) is 0. The fourth-order valence-corrected chi connectivity index (χ4v) is 4.93. The van der Waals surface area contributed by atoms with Gasteiger partial charge in [0.05, 0.1) is 5.75 Å². The van der Waals surface area contributed by atoms with E-state index in [1.54, 1.807) is 24.3 Å². The van der Waals surface area contributed by atoms with Crippen LogP contribution in [-0.4, -0.2) is 14.2 Å². The first-order chi connectivity index (χ1) is 14.1. The molecule has 0 aliphatic carbocycles. The standard InChI is InChI=1S/C24H20BrFO3S/c1-16-11-17(2)13-19(12-16)14-23(24(27)20-5-7-21(25)8-6-20)30(28,29)15-18-3-9-22(26)10-4-18/h3-14H,15H2,1-2H3/b23-14-. The molecule has 0 N–H and O–H groups in total. The molecule has 6 heteroatoms. The third-order valence-corrected chi connectivity index (χ3v) is 6.69. The van der Waals surface area contributed by atoms with Crippen molar-refractivity contribution in [1.29, 1.82) is 0 Å². The van der Waals surface area contributed by atoms with Crippen LogP contribution in [0.4, 0.5) is 4.39 Å². The lowest BCUT2D eigenvalue weighted by Gasteiger charge is -2.10. The van der Waals surface area contributed by atoms with Crippen molar-refractivity contribution in [1.82, 2.24) is 0 Å². The third kappa shape index (κ3) is 5.52. The van der Waals surface area contributed by atoms with E-state index in [9.17, 15) is 17.6 Å². The first-order valence-corrected chi connectivity index (χ1v) is 11.7. The van der Waals surface area contributed by atoms with Gasteiger partial charge < -0.3 is 0 Å². The Morgan fingerprint density at radius 2 is 1.50 bits per heavy atom. The summed E-state index contributed by atoms with van der Waals surface area (Å²) < 4.78 is 40.5. The van der Waals surface area contributed by atoms with Gasteiger partial charge in [-0.1, -0.05) is 57.4 Å². The zero-order valence-electron chi connectivity index (χ0n) is 16.5. The first-order valence-electron chi connectivity index (χ1n) is 9.21. The van der Waals surface area contributed by atoms with Gasteiger partial charge in [0, 0.05) is 10.0 Å². The van der Waals surface area contributed by atoms with Gasteiger partial charge in [-0.2, -0.15) is 0 Å². The fraction of sp³-hybridized carbons (Fsp3) is 0.125. The largest absolute Gasteiger partial charge is 0.288 e. The highest BCUT2D eigenvalue weighted by Gasteiger charge is 2.26. The lowest BCUT2D eigenvalue weighted by Crippen LogP contribution is -2.16. The van der Waals surface area contributed by atoms with E-state index in [0.717, 1.165) is 15.6 Å². The third-order valence-electron chi connectivity index (χ3n) is 4.48. The number of benzene rings is 3. The predicted molar refractivity (Wildman–Crippen MR) is 121 cm³/mol. The zero-order chi connectivity index (χ0) is 21.9. The smallest absolute Gasteiger partial charge is 0.204 e. The van der Waals surface area contributed by atoms with Gasteiger partial charge >= 0.3 is 0 Å². The lowest BCUT2D eigenvalue weighted by atomic mass is 10.1. The van der Waals surface area contributed by atoms with E-state index in [2.05, 4.69) is 15.9 Å². The van der Waals surface area contributed by atoms with Crippen LogP contribution in [-0.2, 0) is 15.6 Å². The maximum atomic E-state index is 13.2. The Hall–Kier alpha value is -2.57. The maximum absolute atomic E-state index is 13.2. The minimum atomic E-state index is -3.99. The van der Waals surface area contributed by atoms with E-state index >= 15 is 0 Å². The molecule has 3 aromatic rings. The van der Waals surface area contributed by atoms with Crippen molar-refractivity contribution in [2.75, 3.05) is 0 Å². The molecule has 0 radical (unpaired) electrons. The van der Waals surface area contributed by atoms with Crippen LogP contribution in [0.5, 0.6) is 0 Å². The van der Waals surface area contributed by atoms with Crippen molar-refractivity contribution in [3.63, 3.8) is 0 Å². The van der Waals surface area contributed by atoms with Crippen molar-refractivity contribution < 1.29 is 17.6 Å². The van der Waals surface area contributed by atoms with Crippen LogP contribution in [0, 0.1) is 19.7 Å². The van der Waals surface area contributed by atoms with Crippen LogP contribution < -0.4 is 0 Å². The van der Waals surface area contributed by atoms with Crippen molar-refractivity contribution in [3.8, 4) is 0 Å². The molecule has 3 aromatic carbocycles. The highest BCUT2D eigenvalue weighted by Crippen LogP contribution is 2.24. The Bertz CT molecular complexity index is 1190. The van der Waals surface area contributed by atoms with E-state index in [1.807, 2.05) is 32.0 Å². The molecule has 0 spiro atoms. The van der Waals surface area contributed by atoms with Gasteiger partial charge in [-0.15, -0.1) is 0 Å². The van der Waals surface area contributed by atoms with Crippen LogP contribution in [0.25, 0.3) is 6.08 Å². The Morgan fingerprint density at radius 1 is 0.933 bits per heavy atom. The van der Waals surface area contributed by atoms with E-state index in [0.29, 0.717) is 11.1 Å². The average Bonchev–Trinajstić information content (AvgIpc) is 2.67. The fourth-order valence-electron chi connectivity index (χ4n) is 3.16. The SMILES string of the molecule is Cc1cc(C)cc(/C=C(/C(=O)c2ccc(Br)cc2)S(=O)(=O)Cc2ccc(F)cc2)c1. The number of carbonyl (C=O) groups excluding carboxylic acids is 1. The summed E-state index contributed by atoms with van der Waals surface area (Å²) in [6.45, 7) is 3.82. The van der Waals surface area contributed by atoms with E-state index in [4.69, 9.17) is 0 Å². The summed E-state index contributed by atoms with van der Waals surface area (Å²) >= 11 is 3.32. The summed E-state index contributed by atoms with van der Waals surface area (Å²) in [6, 6.07) is 17.4. The summed E-state index contributed by atoms with van der Waals surface area (Å²) in [6.07, 6.45) is 1.42. The van der Waals surface area contributed by atoms with Gasteiger partial charge in [-0.25, -0.2) is 12.8 Å². The van der Waals surface area contributed by atoms with Crippen LogP contribution in [0.1, 0.15) is 32.6 Å². The van der Waals surface area contributed by atoms with Gasteiger partial charge in [0.25, 0.3) is 0 Å². The molecule has 0 heterocycles. The number of carbonyl (C=O) groups is 1. The van der Waals surface area contributed by atoms with E-state index in [1.165, 1.54) is 30.3 Å². The summed E-state index contributed by atoms with van der Waals surface area (Å²) in [7, 11) is -3.99. The minimum Gasteiger partial charge on any atom is -0.288 e. The molecule has 30 heavy (non-hydrogen) atoms. The van der Waals surface area contributed by atoms with Crippen molar-refractivity contribution in [2.24, 2.45) is 0 Å². The number of hydrogen-bond acceptors (Lipinski definition) is 3. The average molecular weight is 487 g/mol. The molecule has 0 saturated heterocycles. The Morgan fingerprint density at radius 3 is 2.07 bits per heavy atom. The van der Waals surface area contributed by atoms with Gasteiger partial charge in [-0.05, 0) is 67.4 Å². The van der Waals surface area contributed by atoms with Crippen LogP contribution in [0.3, 0.4) is 0 Å². The second-order valence-corrected chi connectivity index (χ2v) is 10.0. The second kappa shape index (κ2) is 9.06. The molecule has 0 amide bonds. The normalized spacial score (nSPS) is 12.1. The van der Waals surface area contributed by atoms with Crippen LogP contribution >= 0.6 is 15.9 Å². The Labute approximate surface area is 184 Å². The quantitative estimate of drug-likeness (QED) is 0.315. The van der Waals surface area contributed by atoms with Gasteiger partial charge in [-0.3, -0.25) is 4.79 Å². The van der Waals surface area contributed by atoms with Gasteiger partial charge in [0.2, 0.25) is 5.78 Å². The molecule has 0 bridgehead atoms. The molecule has 0 saturated carbocycles. The molecule has 3 nitrogen and oxygen atoms in total. The molecule has 0 fully saturated rings. The number of sulfone groups is 1. The highest BCUT2D eigenvalue weighted by atomic mass is 79.9. The number of allylic oxidation sites excluding steroid dienone is 1. The molecular formula is C24H20BrFO3S. The Balaban J connectivity index is 2.10. The molecular weight excluding hydrogens is 467 g/mol. The zero-order valence-corrected chi connectivity index (χ0v) is 18.9. The van der Waals surface area contributed by atoms with Gasteiger partial charge in [0.15, 0.2) is 9.84 Å². The van der Waals surface area contributed by atoms with Gasteiger partial charge in [0.1, 0.15) is 10.7 Å². The number of Topliss-reactive ketones (excluding diaryl/α,β-unsaturated/α-hetero) is 1. The molecule has 154 valence electrons. The molecule has 0 unspecified atom stereocenters. The molecule has 3 rings (SSSR count). The summed E-state index contributed by atoms with van der Waals surface area (Å²) in [5.74, 6) is -1.43. The summed E-state index contributed by atoms with van der Waals surface area (Å²) in [4.78, 5) is 12.9. The number of aryl methyl sites for hydroxylation is 2. The Kier molecular flexibility index (Phi) is 6.68. The van der Waals surface area contributed by atoms with Crippen LogP contribution in [0.2, 0.25) is 0 Å². The molecule has 0 aromatic heterocycles. The minimum absolute atomic E-state index is 0.275. The first kappa shape index (κ1) is 22.1. The second-order valence-electron chi connectivity index (χ2n) is 7.15. The van der Waals surface area contributed by atoms with Crippen molar-refractivity contribution in [2.45, 2.75) is 19.6 Å². The molecule has 0 atom stereocenters. The summed E-state index contributed by atoms with van der Waals surface area (Å²) in [5.41, 5.74) is 3.25. The predicted octanol–water partition coefficient (Wildman–Crippen LogP) is 6.04. The van der Waals surface area contributed by atoms with Crippen molar-refractivity contribution >= 4 is 37.6 Å². The number of hydrogen-bond donors (Lipinski definition) is 0. The number of ketones is 1. The molecule has 0 aliphatic heterocycles. The highest BCUT2D eigenvalue weighted by molar-refractivity contribution is 9.10. The number of halogens is 2. The van der Waals surface area contributed by atoms with Crippen molar-refractivity contribution in [3.05, 3.63) is 110 Å². The van der Waals surface area contributed by atoms with E-state index < -0.39 is 27.2 Å². The lowest BCUT2D eigenvalue weighted by molar-refractivity contribution is 0.104. The number of rotatable bonds is 6. The maximum Gasteiger partial charge on any atom is 0.204 e.